The van der Waals surface area contributed by atoms with Crippen LogP contribution in [0.4, 0.5) is 0 Å². The first kappa shape index (κ1) is 15.1. The third kappa shape index (κ3) is 2.73. The first-order valence-corrected chi connectivity index (χ1v) is 6.29. The summed E-state index contributed by atoms with van der Waals surface area (Å²) < 4.78 is 10.7. The number of rotatable bonds is 4. The lowest BCUT2D eigenvalue weighted by atomic mass is 9.91. The standard InChI is InChI=1S/C14H21ClO3/c1-8(2)9-7-10(17-5)13(18-6)11(12(9)15)14(3,4)16/h7-8,16H,1-6H3. The molecule has 0 unspecified atom stereocenters. The minimum Gasteiger partial charge on any atom is -0.493 e. The maximum atomic E-state index is 10.3. The molecule has 4 heteroatoms. The summed E-state index contributed by atoms with van der Waals surface area (Å²) in [6.07, 6.45) is 0. The van der Waals surface area contributed by atoms with Crippen LogP contribution in [0.1, 0.15) is 44.7 Å². The summed E-state index contributed by atoms with van der Waals surface area (Å²) in [7, 11) is 3.11. The molecule has 102 valence electrons. The van der Waals surface area contributed by atoms with E-state index in [9.17, 15) is 5.11 Å². The lowest BCUT2D eigenvalue weighted by Crippen LogP contribution is -2.19. The monoisotopic (exact) mass is 272 g/mol. The van der Waals surface area contributed by atoms with Gasteiger partial charge in [-0.25, -0.2) is 0 Å². The van der Waals surface area contributed by atoms with Crippen LogP contribution >= 0.6 is 11.6 Å². The smallest absolute Gasteiger partial charge is 0.168 e. The number of benzene rings is 1. The Labute approximate surface area is 114 Å². The van der Waals surface area contributed by atoms with Gasteiger partial charge in [-0.1, -0.05) is 25.4 Å². The summed E-state index contributed by atoms with van der Waals surface area (Å²) in [5.41, 5.74) is 0.404. The van der Waals surface area contributed by atoms with Gasteiger partial charge in [-0.15, -0.1) is 0 Å². The van der Waals surface area contributed by atoms with Gasteiger partial charge in [0.05, 0.1) is 24.8 Å². The zero-order valence-corrected chi connectivity index (χ0v) is 12.6. The van der Waals surface area contributed by atoms with Crippen molar-refractivity contribution in [1.29, 1.82) is 0 Å². The highest BCUT2D eigenvalue weighted by atomic mass is 35.5. The predicted octanol–water partition coefficient (Wildman–Crippen LogP) is 3.71. The number of hydrogen-bond donors (Lipinski definition) is 1. The van der Waals surface area contributed by atoms with Crippen molar-refractivity contribution in [3.8, 4) is 11.5 Å². The topological polar surface area (TPSA) is 38.7 Å². The molecule has 3 nitrogen and oxygen atoms in total. The van der Waals surface area contributed by atoms with Gasteiger partial charge in [0.2, 0.25) is 0 Å². The van der Waals surface area contributed by atoms with Crippen molar-refractivity contribution < 1.29 is 14.6 Å². The molecule has 18 heavy (non-hydrogen) atoms. The molecule has 0 aliphatic rings. The number of aliphatic hydroxyl groups is 1. The van der Waals surface area contributed by atoms with E-state index in [1.165, 1.54) is 0 Å². The minimum atomic E-state index is -1.10. The van der Waals surface area contributed by atoms with Crippen molar-refractivity contribution in [2.75, 3.05) is 14.2 Å². The Bertz CT molecular complexity index is 434. The Morgan fingerprint density at radius 3 is 2.11 bits per heavy atom. The Kier molecular flexibility index (Phi) is 4.51. The molecule has 1 aromatic rings. The molecule has 0 saturated heterocycles. The highest BCUT2D eigenvalue weighted by molar-refractivity contribution is 6.32. The third-order valence-electron chi connectivity index (χ3n) is 2.87. The molecule has 0 radical (unpaired) electrons. The summed E-state index contributed by atoms with van der Waals surface area (Å²) in [5, 5.41) is 10.8. The fourth-order valence-electron chi connectivity index (χ4n) is 1.96. The van der Waals surface area contributed by atoms with Gasteiger partial charge >= 0.3 is 0 Å². The van der Waals surface area contributed by atoms with Crippen LogP contribution in [-0.2, 0) is 5.60 Å². The molecule has 0 heterocycles. The molecule has 0 aliphatic heterocycles. The Morgan fingerprint density at radius 2 is 1.78 bits per heavy atom. The lowest BCUT2D eigenvalue weighted by Gasteiger charge is -2.26. The molecule has 1 rings (SSSR count). The van der Waals surface area contributed by atoms with E-state index < -0.39 is 5.60 Å². The van der Waals surface area contributed by atoms with E-state index in [2.05, 4.69) is 0 Å². The van der Waals surface area contributed by atoms with E-state index in [1.54, 1.807) is 28.1 Å². The summed E-state index contributed by atoms with van der Waals surface area (Å²) >= 11 is 6.41. The van der Waals surface area contributed by atoms with E-state index in [1.807, 2.05) is 19.9 Å². The Hall–Kier alpha value is -0.930. The van der Waals surface area contributed by atoms with E-state index in [0.717, 1.165) is 5.56 Å². The van der Waals surface area contributed by atoms with E-state index >= 15 is 0 Å². The second-order valence-corrected chi connectivity index (χ2v) is 5.48. The molecule has 1 aromatic carbocycles. The molecule has 0 fully saturated rings. The molecule has 1 N–H and O–H groups in total. The number of halogens is 1. The number of hydrogen-bond acceptors (Lipinski definition) is 3. The first-order chi connectivity index (χ1) is 8.23. The zero-order valence-electron chi connectivity index (χ0n) is 11.8. The van der Waals surface area contributed by atoms with Gasteiger partial charge in [0, 0.05) is 5.56 Å². The molecule has 0 amide bonds. The average molecular weight is 273 g/mol. The summed E-state index contributed by atoms with van der Waals surface area (Å²) in [6, 6.07) is 1.86. The van der Waals surface area contributed by atoms with Crippen molar-refractivity contribution in [2.45, 2.75) is 39.2 Å². The van der Waals surface area contributed by atoms with Crippen LogP contribution in [-0.4, -0.2) is 19.3 Å². The second kappa shape index (κ2) is 5.37. The van der Waals surface area contributed by atoms with Crippen LogP contribution in [0, 0.1) is 0 Å². The first-order valence-electron chi connectivity index (χ1n) is 5.91. The maximum Gasteiger partial charge on any atom is 0.168 e. The van der Waals surface area contributed by atoms with Gasteiger partial charge in [0.25, 0.3) is 0 Å². The summed E-state index contributed by atoms with van der Waals surface area (Å²) in [6.45, 7) is 7.45. The fourth-order valence-corrected chi connectivity index (χ4v) is 2.55. The van der Waals surface area contributed by atoms with Crippen molar-refractivity contribution in [3.63, 3.8) is 0 Å². The van der Waals surface area contributed by atoms with E-state index in [0.29, 0.717) is 22.1 Å². The molecule has 0 saturated carbocycles. The van der Waals surface area contributed by atoms with Gasteiger partial charge in [-0.3, -0.25) is 0 Å². The van der Waals surface area contributed by atoms with E-state index in [-0.39, 0.29) is 5.92 Å². The van der Waals surface area contributed by atoms with E-state index in [4.69, 9.17) is 21.1 Å². The van der Waals surface area contributed by atoms with Crippen LogP contribution in [0.15, 0.2) is 6.07 Å². The highest BCUT2D eigenvalue weighted by Gasteiger charge is 2.29. The van der Waals surface area contributed by atoms with Crippen LogP contribution in [0.5, 0.6) is 11.5 Å². The van der Waals surface area contributed by atoms with Crippen LogP contribution < -0.4 is 9.47 Å². The predicted molar refractivity (Wildman–Crippen MR) is 73.9 cm³/mol. The van der Waals surface area contributed by atoms with Crippen molar-refractivity contribution in [3.05, 3.63) is 22.2 Å². The molecule has 0 bridgehead atoms. The molecule has 0 atom stereocenters. The van der Waals surface area contributed by atoms with Crippen LogP contribution in [0.3, 0.4) is 0 Å². The van der Waals surface area contributed by atoms with Crippen LogP contribution in [0.2, 0.25) is 5.02 Å². The lowest BCUT2D eigenvalue weighted by molar-refractivity contribution is 0.0751. The van der Waals surface area contributed by atoms with Gasteiger partial charge < -0.3 is 14.6 Å². The quantitative estimate of drug-likeness (QED) is 0.908. The number of methoxy groups -OCH3 is 2. The fraction of sp³-hybridized carbons (Fsp3) is 0.571. The maximum absolute atomic E-state index is 10.3. The van der Waals surface area contributed by atoms with Gasteiger partial charge in [-0.05, 0) is 31.4 Å². The Balaban J connectivity index is 3.68. The SMILES string of the molecule is COc1cc(C(C)C)c(Cl)c(C(C)(C)O)c1OC. The normalized spacial score (nSPS) is 11.8. The molecule has 0 spiro atoms. The average Bonchev–Trinajstić information content (AvgIpc) is 2.25. The van der Waals surface area contributed by atoms with Gasteiger partial charge in [0.15, 0.2) is 11.5 Å². The van der Waals surface area contributed by atoms with Crippen LogP contribution in [0.25, 0.3) is 0 Å². The molecule has 0 aromatic heterocycles. The number of ether oxygens (including phenoxy) is 2. The molecular formula is C14H21ClO3. The summed E-state index contributed by atoms with van der Waals surface area (Å²) in [5.74, 6) is 1.31. The van der Waals surface area contributed by atoms with Crippen molar-refractivity contribution >= 4 is 11.6 Å². The second-order valence-electron chi connectivity index (χ2n) is 5.10. The van der Waals surface area contributed by atoms with Crippen molar-refractivity contribution in [2.24, 2.45) is 0 Å². The minimum absolute atomic E-state index is 0.235. The third-order valence-corrected chi connectivity index (χ3v) is 3.28. The molecular weight excluding hydrogens is 252 g/mol. The molecule has 0 aliphatic carbocycles. The largest absolute Gasteiger partial charge is 0.493 e. The summed E-state index contributed by atoms with van der Waals surface area (Å²) in [4.78, 5) is 0. The zero-order chi connectivity index (χ0) is 14.1. The van der Waals surface area contributed by atoms with Gasteiger partial charge in [0.1, 0.15) is 0 Å². The van der Waals surface area contributed by atoms with Gasteiger partial charge in [-0.2, -0.15) is 0 Å². The van der Waals surface area contributed by atoms with Crippen molar-refractivity contribution in [1.82, 2.24) is 0 Å². The highest BCUT2D eigenvalue weighted by Crippen LogP contribution is 2.45. The Morgan fingerprint density at radius 1 is 1.22 bits per heavy atom.